The van der Waals surface area contributed by atoms with E-state index < -0.39 is 0 Å². The monoisotopic (exact) mass is 357 g/mol. The number of ether oxygens (including phenoxy) is 1. The van der Waals surface area contributed by atoms with E-state index in [-0.39, 0.29) is 0 Å². The average Bonchev–Trinajstić information content (AvgIpc) is 2.92. The average molecular weight is 358 g/mol. The molecule has 0 spiro atoms. The molecule has 0 aliphatic carbocycles. The Hall–Kier alpha value is -2.04. The number of nitrogens with one attached hydrogen (secondary N) is 1. The lowest BCUT2D eigenvalue weighted by molar-refractivity contribution is 0.298. The van der Waals surface area contributed by atoms with Gasteiger partial charge in [0.15, 0.2) is 0 Å². The highest BCUT2D eigenvalue weighted by Crippen LogP contribution is 2.22. The molecule has 0 unspecified atom stereocenters. The van der Waals surface area contributed by atoms with Crippen LogP contribution in [0.2, 0.25) is 5.02 Å². The molecular formula is C20H24ClN3O. The highest BCUT2D eigenvalue weighted by Gasteiger charge is 2.12. The van der Waals surface area contributed by atoms with Crippen LogP contribution in [-0.2, 0) is 13.0 Å². The third-order valence-electron chi connectivity index (χ3n) is 4.44. The highest BCUT2D eigenvalue weighted by molar-refractivity contribution is 6.30. The molecule has 1 heterocycles. The van der Waals surface area contributed by atoms with Crippen LogP contribution in [0.1, 0.15) is 17.0 Å². The largest absolute Gasteiger partial charge is 0.492 e. The number of nitrogens with zero attached hydrogens (tertiary/aromatic N) is 2. The minimum Gasteiger partial charge on any atom is -0.492 e. The number of hydrogen-bond acceptors (Lipinski definition) is 3. The van der Waals surface area contributed by atoms with Crippen molar-refractivity contribution in [2.24, 2.45) is 0 Å². The van der Waals surface area contributed by atoms with Crippen molar-refractivity contribution in [3.05, 3.63) is 58.4 Å². The molecule has 3 rings (SSSR count). The van der Waals surface area contributed by atoms with Gasteiger partial charge in [0.2, 0.25) is 0 Å². The molecule has 0 aliphatic rings. The molecule has 0 saturated carbocycles. The molecule has 0 atom stereocenters. The number of aromatic nitrogens is 2. The predicted molar refractivity (Wildman–Crippen MR) is 104 cm³/mol. The smallest absolute Gasteiger partial charge is 0.119 e. The maximum absolute atomic E-state index is 5.92. The van der Waals surface area contributed by atoms with Crippen molar-refractivity contribution in [3.63, 3.8) is 0 Å². The summed E-state index contributed by atoms with van der Waals surface area (Å²) in [5.41, 5.74) is 4.79. The van der Waals surface area contributed by atoms with E-state index in [1.807, 2.05) is 31.3 Å². The van der Waals surface area contributed by atoms with Gasteiger partial charge in [0.25, 0.3) is 0 Å². The van der Waals surface area contributed by atoms with Gasteiger partial charge in [0, 0.05) is 18.0 Å². The van der Waals surface area contributed by atoms with Crippen molar-refractivity contribution in [2.75, 3.05) is 20.2 Å². The number of rotatable bonds is 7. The second-order valence-corrected chi connectivity index (χ2v) is 6.70. The van der Waals surface area contributed by atoms with Gasteiger partial charge in [0.05, 0.1) is 17.6 Å². The van der Waals surface area contributed by atoms with Crippen LogP contribution in [0.15, 0.2) is 36.4 Å². The van der Waals surface area contributed by atoms with E-state index in [4.69, 9.17) is 21.3 Å². The summed E-state index contributed by atoms with van der Waals surface area (Å²) in [6, 6.07) is 11.9. The molecule has 0 aliphatic heterocycles. The van der Waals surface area contributed by atoms with Crippen LogP contribution in [-0.4, -0.2) is 29.8 Å². The van der Waals surface area contributed by atoms with Gasteiger partial charge in [-0.25, -0.2) is 4.98 Å². The first-order chi connectivity index (χ1) is 12.1. The number of fused-ring (bicyclic) bond motifs is 1. The fraction of sp³-hybridized carbons (Fsp3) is 0.350. The molecule has 5 heteroatoms. The molecular weight excluding hydrogens is 334 g/mol. The first-order valence-electron chi connectivity index (χ1n) is 8.58. The normalized spacial score (nSPS) is 11.2. The van der Waals surface area contributed by atoms with Crippen molar-refractivity contribution >= 4 is 22.6 Å². The quantitative estimate of drug-likeness (QED) is 0.690. The van der Waals surface area contributed by atoms with E-state index in [1.54, 1.807) is 0 Å². The lowest BCUT2D eigenvalue weighted by atomic mass is 10.1. The van der Waals surface area contributed by atoms with Crippen LogP contribution in [0, 0.1) is 13.8 Å². The summed E-state index contributed by atoms with van der Waals surface area (Å²) < 4.78 is 8.15. The van der Waals surface area contributed by atoms with Gasteiger partial charge in [-0.05, 0) is 68.4 Å². The fourth-order valence-corrected chi connectivity index (χ4v) is 3.02. The number of halogens is 1. The Morgan fingerprint density at radius 2 is 1.84 bits per heavy atom. The van der Waals surface area contributed by atoms with Crippen LogP contribution in [0.3, 0.4) is 0 Å². The molecule has 0 radical (unpaired) electrons. The van der Waals surface area contributed by atoms with Gasteiger partial charge in [-0.15, -0.1) is 0 Å². The zero-order valence-corrected chi connectivity index (χ0v) is 15.7. The summed E-state index contributed by atoms with van der Waals surface area (Å²) in [5.74, 6) is 1.92. The lowest BCUT2D eigenvalue weighted by Gasteiger charge is -2.11. The molecule has 3 aromatic rings. The van der Waals surface area contributed by atoms with Gasteiger partial charge < -0.3 is 14.6 Å². The van der Waals surface area contributed by atoms with Crippen molar-refractivity contribution in [1.29, 1.82) is 0 Å². The lowest BCUT2D eigenvalue weighted by Crippen LogP contribution is -2.16. The van der Waals surface area contributed by atoms with E-state index in [1.165, 1.54) is 16.6 Å². The molecule has 132 valence electrons. The van der Waals surface area contributed by atoms with E-state index in [0.29, 0.717) is 11.6 Å². The third kappa shape index (κ3) is 4.14. The van der Waals surface area contributed by atoms with E-state index in [2.05, 4.69) is 35.9 Å². The summed E-state index contributed by atoms with van der Waals surface area (Å²) in [6.45, 7) is 6.53. The van der Waals surface area contributed by atoms with E-state index >= 15 is 0 Å². The minimum absolute atomic E-state index is 0.590. The molecule has 0 fully saturated rings. The number of aryl methyl sites for hydroxylation is 2. The predicted octanol–water partition coefficient (Wildman–Crippen LogP) is 4.15. The number of benzene rings is 2. The second-order valence-electron chi connectivity index (χ2n) is 6.26. The number of imidazole rings is 1. The Morgan fingerprint density at radius 1 is 1.12 bits per heavy atom. The van der Waals surface area contributed by atoms with Gasteiger partial charge in [-0.1, -0.05) is 11.6 Å². The van der Waals surface area contributed by atoms with Crippen LogP contribution < -0.4 is 10.1 Å². The molecule has 4 nitrogen and oxygen atoms in total. The Kier molecular flexibility index (Phi) is 5.61. The summed E-state index contributed by atoms with van der Waals surface area (Å²) >= 11 is 5.92. The summed E-state index contributed by atoms with van der Waals surface area (Å²) in [6.07, 6.45) is 0.893. The first kappa shape index (κ1) is 17.8. The maximum Gasteiger partial charge on any atom is 0.119 e. The maximum atomic E-state index is 5.92. The first-order valence-corrected chi connectivity index (χ1v) is 8.95. The van der Waals surface area contributed by atoms with Crippen LogP contribution in [0.4, 0.5) is 0 Å². The van der Waals surface area contributed by atoms with Crippen molar-refractivity contribution < 1.29 is 4.74 Å². The van der Waals surface area contributed by atoms with Crippen molar-refractivity contribution in [3.8, 4) is 5.75 Å². The van der Waals surface area contributed by atoms with Gasteiger partial charge >= 0.3 is 0 Å². The number of hydrogen-bond donors (Lipinski definition) is 1. The zero-order chi connectivity index (χ0) is 17.8. The molecule has 0 amide bonds. The molecule has 2 aromatic carbocycles. The van der Waals surface area contributed by atoms with Gasteiger partial charge in [-0.2, -0.15) is 0 Å². The Balaban J connectivity index is 1.82. The molecule has 0 bridgehead atoms. The fourth-order valence-electron chi connectivity index (χ4n) is 2.89. The van der Waals surface area contributed by atoms with Crippen molar-refractivity contribution in [2.45, 2.75) is 26.8 Å². The Labute approximate surface area is 153 Å². The summed E-state index contributed by atoms with van der Waals surface area (Å²) in [4.78, 5) is 4.84. The molecule has 0 saturated heterocycles. The molecule has 25 heavy (non-hydrogen) atoms. The SMILES string of the molecule is CNCCc1nc2cc(C)c(C)cc2n1CCOc1ccc(Cl)cc1. The third-order valence-corrected chi connectivity index (χ3v) is 4.69. The van der Waals surface area contributed by atoms with Crippen molar-refractivity contribution in [1.82, 2.24) is 14.9 Å². The van der Waals surface area contributed by atoms with E-state index in [9.17, 15) is 0 Å². The number of likely N-dealkylation sites (N-methyl/N-ethyl adjacent to an activating group) is 1. The van der Waals surface area contributed by atoms with Crippen LogP contribution in [0.5, 0.6) is 5.75 Å². The van der Waals surface area contributed by atoms with Gasteiger partial charge in [0.1, 0.15) is 18.2 Å². The zero-order valence-electron chi connectivity index (χ0n) is 15.0. The Morgan fingerprint density at radius 3 is 2.56 bits per heavy atom. The van der Waals surface area contributed by atoms with E-state index in [0.717, 1.165) is 36.6 Å². The molecule has 1 N–H and O–H groups in total. The molecule has 1 aromatic heterocycles. The summed E-state index contributed by atoms with van der Waals surface area (Å²) in [5, 5.41) is 3.92. The topological polar surface area (TPSA) is 39.1 Å². The second kappa shape index (κ2) is 7.89. The van der Waals surface area contributed by atoms with Crippen LogP contribution in [0.25, 0.3) is 11.0 Å². The standard InChI is InChI=1S/C20H24ClN3O/c1-14-12-18-19(13-15(14)2)24(20(23-18)8-9-22-3)10-11-25-17-6-4-16(21)5-7-17/h4-7,12-13,22H,8-11H2,1-3H3. The van der Waals surface area contributed by atoms with Gasteiger partial charge in [-0.3, -0.25) is 0 Å². The summed E-state index contributed by atoms with van der Waals surface area (Å²) in [7, 11) is 1.96. The highest BCUT2D eigenvalue weighted by atomic mass is 35.5. The minimum atomic E-state index is 0.590. The van der Waals surface area contributed by atoms with Crippen LogP contribution >= 0.6 is 11.6 Å². The Bertz CT molecular complexity index is 855.